The topological polar surface area (TPSA) is 18.5 Å². The van der Waals surface area contributed by atoms with Crippen LogP contribution in [0, 0.1) is 0 Å². The molecule has 2 aliphatic rings. The first-order valence-electron chi connectivity index (χ1n) is 2.82. The molecule has 0 saturated heterocycles. The summed E-state index contributed by atoms with van der Waals surface area (Å²) in [6, 6.07) is 0. The molecule has 0 spiro atoms. The van der Waals surface area contributed by atoms with Crippen molar-refractivity contribution < 1.29 is 9.47 Å². The Kier molecular flexibility index (Phi) is 0.859. The third kappa shape index (κ3) is 0.633. The van der Waals surface area contributed by atoms with Crippen molar-refractivity contribution in [2.45, 2.75) is 6.10 Å². The first kappa shape index (κ1) is 4.68. The van der Waals surface area contributed by atoms with Crippen LogP contribution in [-0.2, 0) is 9.47 Å². The van der Waals surface area contributed by atoms with E-state index in [-0.39, 0.29) is 6.10 Å². The van der Waals surface area contributed by atoms with Crippen LogP contribution in [0.5, 0.6) is 0 Å². The Morgan fingerprint density at radius 3 is 3.22 bits per heavy atom. The van der Waals surface area contributed by atoms with E-state index in [2.05, 4.69) is 0 Å². The monoisotopic (exact) mass is 122 g/mol. The van der Waals surface area contributed by atoms with Gasteiger partial charge in [-0.05, 0) is 12.2 Å². The molecule has 9 heavy (non-hydrogen) atoms. The summed E-state index contributed by atoms with van der Waals surface area (Å²) < 4.78 is 10.2. The Hall–Kier alpha value is -1.18. The molecule has 1 unspecified atom stereocenters. The maximum absolute atomic E-state index is 5.14. The summed E-state index contributed by atoms with van der Waals surface area (Å²) in [7, 11) is 0. The molecule has 0 aromatic carbocycles. The number of allylic oxidation sites excluding steroid dienone is 2. The highest BCUT2D eigenvalue weighted by atomic mass is 16.6. The summed E-state index contributed by atoms with van der Waals surface area (Å²) in [4.78, 5) is 0. The Labute approximate surface area is 53.1 Å². The van der Waals surface area contributed by atoms with Crippen molar-refractivity contribution in [3.63, 3.8) is 0 Å². The number of hydrogen-bond donors (Lipinski definition) is 0. The van der Waals surface area contributed by atoms with Gasteiger partial charge in [0.25, 0.3) is 0 Å². The van der Waals surface area contributed by atoms with Crippen molar-refractivity contribution in [2.24, 2.45) is 0 Å². The van der Waals surface area contributed by atoms with E-state index in [1.54, 1.807) is 6.26 Å². The van der Waals surface area contributed by atoms with Gasteiger partial charge in [-0.1, -0.05) is 6.08 Å². The maximum Gasteiger partial charge on any atom is 0.174 e. The zero-order valence-electron chi connectivity index (χ0n) is 4.78. The molecule has 0 amide bonds. The van der Waals surface area contributed by atoms with E-state index in [0.29, 0.717) is 0 Å². The van der Waals surface area contributed by atoms with Crippen LogP contribution in [0.2, 0.25) is 0 Å². The van der Waals surface area contributed by atoms with Gasteiger partial charge in [0, 0.05) is 0 Å². The molecule has 2 rings (SSSR count). The standard InChI is InChI=1S/C7H6O2/c1-2-6-7(3-1)9-5-4-8-6/h1-6H. The fourth-order valence-corrected chi connectivity index (χ4v) is 0.883. The summed E-state index contributed by atoms with van der Waals surface area (Å²) in [5.41, 5.74) is 0. The smallest absolute Gasteiger partial charge is 0.174 e. The summed E-state index contributed by atoms with van der Waals surface area (Å²) >= 11 is 0. The maximum atomic E-state index is 5.14. The van der Waals surface area contributed by atoms with Crippen molar-refractivity contribution in [3.8, 4) is 0 Å². The fraction of sp³-hybridized carbons (Fsp3) is 0.143. The van der Waals surface area contributed by atoms with Crippen LogP contribution in [-0.4, -0.2) is 6.10 Å². The van der Waals surface area contributed by atoms with E-state index in [4.69, 9.17) is 9.47 Å². The lowest BCUT2D eigenvalue weighted by atomic mass is 10.3. The van der Waals surface area contributed by atoms with Crippen LogP contribution >= 0.6 is 0 Å². The third-order valence-corrected chi connectivity index (χ3v) is 1.31. The van der Waals surface area contributed by atoms with Crippen LogP contribution in [0.15, 0.2) is 36.5 Å². The van der Waals surface area contributed by atoms with Gasteiger partial charge in [0.15, 0.2) is 6.10 Å². The molecule has 0 saturated carbocycles. The zero-order chi connectivity index (χ0) is 6.10. The first-order valence-corrected chi connectivity index (χ1v) is 2.82. The predicted molar refractivity (Wildman–Crippen MR) is 32.3 cm³/mol. The van der Waals surface area contributed by atoms with Crippen LogP contribution < -0.4 is 0 Å². The van der Waals surface area contributed by atoms with Gasteiger partial charge in [0.05, 0.1) is 0 Å². The Bertz CT molecular complexity index is 201. The molecule has 1 heterocycles. The minimum Gasteiger partial charge on any atom is -0.483 e. The van der Waals surface area contributed by atoms with Gasteiger partial charge in [0.2, 0.25) is 0 Å². The largest absolute Gasteiger partial charge is 0.483 e. The second-order valence-corrected chi connectivity index (χ2v) is 1.90. The number of hydrogen-bond acceptors (Lipinski definition) is 2. The third-order valence-electron chi connectivity index (χ3n) is 1.31. The van der Waals surface area contributed by atoms with Gasteiger partial charge in [0.1, 0.15) is 18.3 Å². The summed E-state index contributed by atoms with van der Waals surface area (Å²) in [5, 5.41) is 0. The van der Waals surface area contributed by atoms with Gasteiger partial charge in [-0.3, -0.25) is 0 Å². The van der Waals surface area contributed by atoms with E-state index < -0.39 is 0 Å². The van der Waals surface area contributed by atoms with Crippen LogP contribution in [0.4, 0.5) is 0 Å². The Balaban J connectivity index is 2.27. The van der Waals surface area contributed by atoms with Crippen molar-refractivity contribution in [1.29, 1.82) is 0 Å². The average Bonchev–Trinajstić information content (AvgIpc) is 2.33. The first-order chi connectivity index (χ1) is 4.47. The molecule has 1 aliphatic carbocycles. The Morgan fingerprint density at radius 2 is 2.33 bits per heavy atom. The molecule has 2 heteroatoms. The lowest BCUT2D eigenvalue weighted by Gasteiger charge is -2.15. The van der Waals surface area contributed by atoms with Gasteiger partial charge in [-0.25, -0.2) is 0 Å². The highest BCUT2D eigenvalue weighted by molar-refractivity contribution is 5.26. The highest BCUT2D eigenvalue weighted by Gasteiger charge is 2.17. The van der Waals surface area contributed by atoms with E-state index in [9.17, 15) is 0 Å². The second kappa shape index (κ2) is 1.65. The van der Waals surface area contributed by atoms with E-state index in [1.165, 1.54) is 6.26 Å². The lowest BCUT2D eigenvalue weighted by Crippen LogP contribution is -2.11. The summed E-state index contributed by atoms with van der Waals surface area (Å²) in [5.74, 6) is 0.873. The van der Waals surface area contributed by atoms with Crippen molar-refractivity contribution in [3.05, 3.63) is 36.5 Å². The molecule has 0 radical (unpaired) electrons. The molecule has 1 aliphatic heterocycles. The molecule has 0 fully saturated rings. The van der Waals surface area contributed by atoms with Crippen molar-refractivity contribution in [1.82, 2.24) is 0 Å². The zero-order valence-corrected chi connectivity index (χ0v) is 4.78. The van der Waals surface area contributed by atoms with Crippen molar-refractivity contribution >= 4 is 0 Å². The lowest BCUT2D eigenvalue weighted by molar-refractivity contribution is 0.121. The molecule has 0 N–H and O–H groups in total. The van der Waals surface area contributed by atoms with Gasteiger partial charge in [-0.15, -0.1) is 0 Å². The predicted octanol–water partition coefficient (Wildman–Crippen LogP) is 1.33. The molecule has 0 aromatic rings. The van der Waals surface area contributed by atoms with E-state index in [1.807, 2.05) is 18.2 Å². The summed E-state index contributed by atoms with van der Waals surface area (Å²) in [6.45, 7) is 0. The molecule has 46 valence electrons. The second-order valence-electron chi connectivity index (χ2n) is 1.90. The quantitative estimate of drug-likeness (QED) is 0.482. The fourth-order valence-electron chi connectivity index (χ4n) is 0.883. The molecular weight excluding hydrogens is 116 g/mol. The minimum atomic E-state index is 0.0370. The summed E-state index contributed by atoms with van der Waals surface area (Å²) in [6.07, 6.45) is 8.89. The van der Waals surface area contributed by atoms with E-state index in [0.717, 1.165) is 5.76 Å². The van der Waals surface area contributed by atoms with Crippen LogP contribution in [0.1, 0.15) is 0 Å². The highest BCUT2D eigenvalue weighted by Crippen LogP contribution is 2.20. The molecule has 1 atom stereocenters. The number of ether oxygens (including phenoxy) is 2. The van der Waals surface area contributed by atoms with Crippen LogP contribution in [0.25, 0.3) is 0 Å². The van der Waals surface area contributed by atoms with Gasteiger partial charge in [-0.2, -0.15) is 0 Å². The van der Waals surface area contributed by atoms with Gasteiger partial charge >= 0.3 is 0 Å². The van der Waals surface area contributed by atoms with E-state index >= 15 is 0 Å². The number of fused-ring (bicyclic) bond motifs is 1. The van der Waals surface area contributed by atoms with Crippen LogP contribution in [0.3, 0.4) is 0 Å². The SMILES string of the molecule is C1=CC2OC=COC2=C1. The molecule has 0 bridgehead atoms. The molecule has 2 nitrogen and oxygen atoms in total. The normalized spacial score (nSPS) is 28.4. The Morgan fingerprint density at radius 1 is 1.33 bits per heavy atom. The average molecular weight is 122 g/mol. The molecule has 0 aromatic heterocycles. The van der Waals surface area contributed by atoms with Gasteiger partial charge < -0.3 is 9.47 Å². The van der Waals surface area contributed by atoms with Crippen molar-refractivity contribution in [2.75, 3.05) is 0 Å². The number of rotatable bonds is 0. The minimum absolute atomic E-state index is 0.0370. The molecular formula is C7H6O2.